The van der Waals surface area contributed by atoms with E-state index >= 15 is 0 Å². The Morgan fingerprint density at radius 2 is 1.89 bits per heavy atom. The van der Waals surface area contributed by atoms with Crippen molar-refractivity contribution >= 4 is 35.2 Å². The van der Waals surface area contributed by atoms with Gasteiger partial charge in [-0.2, -0.15) is 0 Å². The SMILES string of the molecule is Cc1ccc(C)c(N2CC=C[C@]34S[C@]5(C)/C=C\CCCCOC(=O)[C@@H]5[C@H]3C(=O)N([C@H](C)CO)C4C2=O)c1. The molecule has 0 bridgehead atoms. The molecule has 0 aromatic heterocycles. The second-order valence-electron chi connectivity index (χ2n) is 11.0. The van der Waals surface area contributed by atoms with E-state index in [0.717, 1.165) is 36.1 Å². The summed E-state index contributed by atoms with van der Waals surface area (Å²) in [4.78, 5) is 45.6. The lowest BCUT2D eigenvalue weighted by molar-refractivity contribution is -0.154. The van der Waals surface area contributed by atoms with E-state index in [4.69, 9.17) is 4.74 Å². The zero-order chi connectivity index (χ0) is 26.5. The van der Waals surface area contributed by atoms with Crippen molar-refractivity contribution in [2.75, 3.05) is 24.7 Å². The molecular formula is C29H36N2O5S. The van der Waals surface area contributed by atoms with Gasteiger partial charge in [-0.25, -0.2) is 0 Å². The van der Waals surface area contributed by atoms with Crippen LogP contribution in [-0.2, 0) is 19.1 Å². The van der Waals surface area contributed by atoms with Gasteiger partial charge in [-0.05, 0) is 64.2 Å². The van der Waals surface area contributed by atoms with Crippen molar-refractivity contribution in [3.05, 3.63) is 53.6 Å². The largest absolute Gasteiger partial charge is 0.465 e. The van der Waals surface area contributed by atoms with Gasteiger partial charge in [0.25, 0.3) is 5.91 Å². The zero-order valence-corrected chi connectivity index (χ0v) is 22.8. The predicted octanol–water partition coefficient (Wildman–Crippen LogP) is 3.56. The number of aryl methyl sites for hydroxylation is 2. The molecule has 37 heavy (non-hydrogen) atoms. The van der Waals surface area contributed by atoms with Crippen LogP contribution in [-0.4, -0.2) is 69.1 Å². The van der Waals surface area contributed by atoms with Crippen molar-refractivity contribution in [3.8, 4) is 0 Å². The number of rotatable bonds is 3. The topological polar surface area (TPSA) is 87.2 Å². The molecule has 8 heteroatoms. The molecule has 5 rings (SSSR count). The molecule has 198 valence electrons. The second kappa shape index (κ2) is 9.62. The highest BCUT2D eigenvalue weighted by Gasteiger charge is 2.74. The number of thioether (sulfide) groups is 1. The Balaban J connectivity index is 1.67. The number of aliphatic hydroxyl groups excluding tert-OH is 1. The Kier molecular flexibility index (Phi) is 6.77. The first-order valence-electron chi connectivity index (χ1n) is 13.2. The Morgan fingerprint density at radius 3 is 2.65 bits per heavy atom. The molecule has 4 aliphatic heterocycles. The summed E-state index contributed by atoms with van der Waals surface area (Å²) >= 11 is 1.53. The first-order valence-corrected chi connectivity index (χ1v) is 14.0. The number of allylic oxidation sites excluding steroid dienone is 1. The number of amides is 2. The van der Waals surface area contributed by atoms with E-state index in [0.29, 0.717) is 13.2 Å². The maximum atomic E-state index is 14.5. The number of hydrogen-bond acceptors (Lipinski definition) is 6. The average molecular weight is 525 g/mol. The highest BCUT2D eigenvalue weighted by atomic mass is 32.2. The van der Waals surface area contributed by atoms with Gasteiger partial charge in [-0.3, -0.25) is 14.4 Å². The molecule has 0 aliphatic carbocycles. The fraction of sp³-hybridized carbons (Fsp3) is 0.552. The lowest BCUT2D eigenvalue weighted by atomic mass is 9.74. The van der Waals surface area contributed by atoms with Crippen LogP contribution in [0.4, 0.5) is 5.69 Å². The highest BCUT2D eigenvalue weighted by molar-refractivity contribution is 8.02. The van der Waals surface area contributed by atoms with Gasteiger partial charge in [0.05, 0.1) is 35.8 Å². The minimum Gasteiger partial charge on any atom is -0.465 e. The number of hydrogen-bond donors (Lipinski definition) is 1. The van der Waals surface area contributed by atoms with E-state index in [2.05, 4.69) is 12.2 Å². The van der Waals surface area contributed by atoms with E-state index < -0.39 is 33.4 Å². The average Bonchev–Trinajstić information content (AvgIpc) is 3.20. The van der Waals surface area contributed by atoms with Gasteiger partial charge >= 0.3 is 5.97 Å². The fourth-order valence-corrected chi connectivity index (χ4v) is 8.67. The third-order valence-electron chi connectivity index (χ3n) is 8.33. The van der Waals surface area contributed by atoms with E-state index in [1.165, 1.54) is 11.8 Å². The Morgan fingerprint density at radius 1 is 1.11 bits per heavy atom. The first kappa shape index (κ1) is 26.0. The predicted molar refractivity (Wildman–Crippen MR) is 144 cm³/mol. The number of fused-ring (bicyclic) bond motifs is 2. The van der Waals surface area contributed by atoms with Crippen LogP contribution in [0.5, 0.6) is 0 Å². The van der Waals surface area contributed by atoms with E-state index in [1.807, 2.05) is 51.1 Å². The molecule has 1 unspecified atom stereocenters. The molecule has 2 saturated heterocycles. The molecule has 2 fully saturated rings. The number of likely N-dealkylation sites (tertiary alicyclic amines) is 1. The van der Waals surface area contributed by atoms with Gasteiger partial charge in [0.1, 0.15) is 6.04 Å². The maximum Gasteiger partial charge on any atom is 0.311 e. The van der Waals surface area contributed by atoms with Gasteiger partial charge in [0, 0.05) is 17.0 Å². The molecular weight excluding hydrogens is 488 g/mol. The lowest BCUT2D eigenvalue weighted by Crippen LogP contribution is -2.56. The van der Waals surface area contributed by atoms with E-state index in [9.17, 15) is 19.5 Å². The molecule has 0 saturated carbocycles. The van der Waals surface area contributed by atoms with Crippen LogP contribution in [0.3, 0.4) is 0 Å². The van der Waals surface area contributed by atoms with Crippen LogP contribution >= 0.6 is 11.8 Å². The third-order valence-corrected chi connectivity index (χ3v) is 10.1. The monoisotopic (exact) mass is 524 g/mol. The van der Waals surface area contributed by atoms with Gasteiger partial charge in [0.2, 0.25) is 5.91 Å². The van der Waals surface area contributed by atoms with Crippen LogP contribution < -0.4 is 4.90 Å². The number of anilines is 1. The molecule has 6 atom stereocenters. The van der Waals surface area contributed by atoms with Gasteiger partial charge in [-0.1, -0.05) is 36.4 Å². The van der Waals surface area contributed by atoms with Gasteiger partial charge in [-0.15, -0.1) is 11.8 Å². The molecule has 7 nitrogen and oxygen atoms in total. The zero-order valence-electron chi connectivity index (χ0n) is 22.0. The van der Waals surface area contributed by atoms with Crippen molar-refractivity contribution in [3.63, 3.8) is 0 Å². The summed E-state index contributed by atoms with van der Waals surface area (Å²) in [6.45, 7) is 8.13. The van der Waals surface area contributed by atoms with E-state index in [-0.39, 0.29) is 24.4 Å². The molecule has 4 heterocycles. The van der Waals surface area contributed by atoms with Crippen molar-refractivity contribution in [1.82, 2.24) is 4.90 Å². The van der Waals surface area contributed by atoms with E-state index in [1.54, 1.807) is 16.7 Å². The molecule has 4 aliphatic rings. The van der Waals surface area contributed by atoms with Crippen molar-refractivity contribution in [2.24, 2.45) is 11.8 Å². The maximum absolute atomic E-state index is 14.5. The molecule has 1 aromatic rings. The smallest absolute Gasteiger partial charge is 0.311 e. The molecule has 1 spiro atoms. The van der Waals surface area contributed by atoms with Crippen molar-refractivity contribution < 1.29 is 24.2 Å². The van der Waals surface area contributed by atoms with Crippen LogP contribution in [0.25, 0.3) is 0 Å². The summed E-state index contributed by atoms with van der Waals surface area (Å²) in [6, 6.07) is 4.58. The fourth-order valence-electron chi connectivity index (χ4n) is 6.53. The van der Waals surface area contributed by atoms with Crippen LogP contribution in [0.15, 0.2) is 42.5 Å². The molecule has 1 aromatic carbocycles. The number of benzene rings is 1. The quantitative estimate of drug-likeness (QED) is 0.481. The molecule has 2 amide bonds. The second-order valence-corrected chi connectivity index (χ2v) is 12.8. The van der Waals surface area contributed by atoms with Crippen LogP contribution in [0, 0.1) is 25.7 Å². The summed E-state index contributed by atoms with van der Waals surface area (Å²) in [5, 5.41) is 10.1. The van der Waals surface area contributed by atoms with Crippen molar-refractivity contribution in [2.45, 2.75) is 68.5 Å². The first-order chi connectivity index (χ1) is 17.6. The minimum absolute atomic E-state index is 0.188. The van der Waals surface area contributed by atoms with Gasteiger partial charge < -0.3 is 19.6 Å². The number of ether oxygens (including phenoxy) is 1. The van der Waals surface area contributed by atoms with Crippen molar-refractivity contribution in [1.29, 1.82) is 0 Å². The summed E-state index contributed by atoms with van der Waals surface area (Å²) in [5.74, 6) is -2.34. The van der Waals surface area contributed by atoms with Gasteiger partial charge in [0.15, 0.2) is 0 Å². The highest BCUT2D eigenvalue weighted by Crippen LogP contribution is 2.65. The van der Waals surface area contributed by atoms with Crippen LogP contribution in [0.2, 0.25) is 0 Å². The Hall–Kier alpha value is -2.58. The number of carbonyl (C=O) groups excluding carboxylic acids is 3. The Labute approximate surface area is 222 Å². The third kappa shape index (κ3) is 4.04. The summed E-state index contributed by atoms with van der Waals surface area (Å²) in [7, 11) is 0. The number of carbonyl (C=O) groups is 3. The number of aliphatic hydroxyl groups is 1. The normalized spacial score (nSPS) is 35.4. The standard InChI is InChI=1S/C29H36N2O5S/c1-18-10-11-19(2)21(16-18)30-14-9-13-29-22(25(33)31(20(3)17-32)24(29)26(30)34)23-27(35)36-15-8-6-5-7-12-28(23,4)37-29/h7,9-13,16,20,22-24,32H,5-6,8,14-15,17H2,1-4H3/b12-7-/t20-,22+,23+,24?,28-,29+/m1/s1. The number of cyclic esters (lactones) is 1. The molecule has 0 radical (unpaired) electrons. The Bertz CT molecular complexity index is 1180. The number of nitrogens with zero attached hydrogens (tertiary/aromatic N) is 2. The summed E-state index contributed by atoms with van der Waals surface area (Å²) in [5.41, 5.74) is 2.82. The summed E-state index contributed by atoms with van der Waals surface area (Å²) in [6.07, 6.45) is 10.7. The molecule has 1 N–H and O–H groups in total. The number of esters is 1. The summed E-state index contributed by atoms with van der Waals surface area (Å²) < 4.78 is 4.04. The lowest BCUT2D eigenvalue weighted by Gasteiger charge is -2.39. The minimum atomic E-state index is -0.957. The van der Waals surface area contributed by atoms with Crippen LogP contribution in [0.1, 0.15) is 44.2 Å².